The SMILES string of the molecule is C[C@H]([C@H]1CC[C@H]2C3=CC=C4C[C@@H](O)C[C@H](O)[C@]4(C)[C@H]3CC[C@]12C)[C@@H](C)CCC(C)(C)O. The van der Waals surface area contributed by atoms with E-state index >= 15 is 0 Å². The number of hydrogen-bond acceptors (Lipinski definition) is 3. The van der Waals surface area contributed by atoms with E-state index in [0.29, 0.717) is 41.9 Å². The molecule has 0 aromatic rings. The Kier molecular flexibility index (Phi) is 6.06. The standard InChI is InChI=1S/C28H46O3/c1-17(11-13-26(3,4)31)18(2)22-9-10-23-21-8-7-19-15-20(29)16-25(30)28(19,6)24(21)12-14-27(22,23)5/h7-8,17-18,20,22-25,29-31H,9-16H2,1-6H3/t17-,18-,20+,22+,23-,24-,25-,27+,28-/m0/s1. The number of aliphatic hydroxyl groups is 3. The van der Waals surface area contributed by atoms with Crippen molar-refractivity contribution in [1.82, 2.24) is 0 Å². The Hall–Kier alpha value is -0.640. The Bertz CT molecular complexity index is 746. The molecular weight excluding hydrogens is 384 g/mol. The number of allylic oxidation sites excluding steroid dienone is 3. The van der Waals surface area contributed by atoms with Crippen LogP contribution in [0.25, 0.3) is 0 Å². The topological polar surface area (TPSA) is 60.7 Å². The summed E-state index contributed by atoms with van der Waals surface area (Å²) in [4.78, 5) is 0. The fourth-order valence-electron chi connectivity index (χ4n) is 8.19. The molecule has 0 aliphatic heterocycles. The fourth-order valence-corrected chi connectivity index (χ4v) is 8.19. The minimum atomic E-state index is -0.574. The lowest BCUT2D eigenvalue weighted by atomic mass is 9.49. The first-order valence-corrected chi connectivity index (χ1v) is 12.9. The van der Waals surface area contributed by atoms with Gasteiger partial charge in [-0.3, -0.25) is 0 Å². The maximum atomic E-state index is 11.1. The predicted molar refractivity (Wildman–Crippen MR) is 126 cm³/mol. The van der Waals surface area contributed by atoms with E-state index in [4.69, 9.17) is 0 Å². The zero-order valence-corrected chi connectivity index (χ0v) is 20.7. The molecule has 3 N–H and O–H groups in total. The first-order chi connectivity index (χ1) is 14.4. The van der Waals surface area contributed by atoms with E-state index in [2.05, 4.69) is 39.8 Å². The molecule has 0 radical (unpaired) electrons. The Morgan fingerprint density at radius 3 is 2.45 bits per heavy atom. The lowest BCUT2D eigenvalue weighted by molar-refractivity contribution is -0.0554. The fraction of sp³-hybridized carbons (Fsp3) is 0.857. The number of fused-ring (bicyclic) bond motifs is 5. The van der Waals surface area contributed by atoms with Crippen LogP contribution in [0.1, 0.15) is 92.9 Å². The van der Waals surface area contributed by atoms with Crippen LogP contribution in [0, 0.1) is 40.4 Å². The lowest BCUT2D eigenvalue weighted by Crippen LogP contribution is -2.52. The third-order valence-corrected chi connectivity index (χ3v) is 10.5. The van der Waals surface area contributed by atoms with Gasteiger partial charge in [-0.05, 0) is 93.8 Å². The summed E-state index contributed by atoms with van der Waals surface area (Å²) in [5.74, 6) is 3.06. The van der Waals surface area contributed by atoms with Crippen molar-refractivity contribution in [1.29, 1.82) is 0 Å². The van der Waals surface area contributed by atoms with Gasteiger partial charge in [-0.25, -0.2) is 0 Å². The first-order valence-electron chi connectivity index (χ1n) is 12.9. The van der Waals surface area contributed by atoms with Crippen molar-refractivity contribution < 1.29 is 15.3 Å². The third kappa shape index (κ3) is 3.87. The number of aliphatic hydroxyl groups excluding tert-OH is 2. The molecule has 4 rings (SSSR count). The van der Waals surface area contributed by atoms with Crippen molar-refractivity contribution in [3.05, 3.63) is 23.3 Å². The van der Waals surface area contributed by atoms with Crippen LogP contribution in [0.4, 0.5) is 0 Å². The van der Waals surface area contributed by atoms with Crippen LogP contribution in [0.3, 0.4) is 0 Å². The van der Waals surface area contributed by atoms with Crippen LogP contribution >= 0.6 is 0 Å². The number of hydrogen-bond donors (Lipinski definition) is 3. The molecule has 3 nitrogen and oxygen atoms in total. The largest absolute Gasteiger partial charge is 0.393 e. The van der Waals surface area contributed by atoms with Crippen molar-refractivity contribution in [2.24, 2.45) is 40.4 Å². The summed E-state index contributed by atoms with van der Waals surface area (Å²) in [6, 6.07) is 0. The summed E-state index contributed by atoms with van der Waals surface area (Å²) < 4.78 is 0. The van der Waals surface area contributed by atoms with Gasteiger partial charge in [0, 0.05) is 11.8 Å². The van der Waals surface area contributed by atoms with Gasteiger partial charge in [0.2, 0.25) is 0 Å². The van der Waals surface area contributed by atoms with Crippen molar-refractivity contribution >= 4 is 0 Å². The summed E-state index contributed by atoms with van der Waals surface area (Å²) >= 11 is 0. The van der Waals surface area contributed by atoms with Crippen LogP contribution in [0.5, 0.6) is 0 Å². The molecule has 0 bridgehead atoms. The Labute approximate surface area is 190 Å². The second-order valence-electron chi connectivity index (χ2n) is 12.8. The highest BCUT2D eigenvalue weighted by Gasteiger charge is 2.59. The van der Waals surface area contributed by atoms with Gasteiger partial charge in [-0.1, -0.05) is 51.0 Å². The summed E-state index contributed by atoms with van der Waals surface area (Å²) in [6.07, 6.45) is 11.9. The van der Waals surface area contributed by atoms with E-state index in [1.54, 1.807) is 5.57 Å². The lowest BCUT2D eigenvalue weighted by Gasteiger charge is -2.56. The highest BCUT2D eigenvalue weighted by Crippen LogP contribution is 2.66. The summed E-state index contributed by atoms with van der Waals surface area (Å²) in [7, 11) is 0. The second kappa shape index (κ2) is 7.99. The summed E-state index contributed by atoms with van der Waals surface area (Å²) in [5.41, 5.74) is 2.42. The Morgan fingerprint density at radius 1 is 1.06 bits per heavy atom. The highest BCUT2D eigenvalue weighted by molar-refractivity contribution is 5.40. The Balaban J connectivity index is 1.56. The van der Waals surface area contributed by atoms with Gasteiger partial charge in [0.15, 0.2) is 0 Å². The molecule has 3 saturated carbocycles. The van der Waals surface area contributed by atoms with Gasteiger partial charge in [0.1, 0.15) is 0 Å². The molecule has 0 saturated heterocycles. The molecule has 31 heavy (non-hydrogen) atoms. The molecule has 3 heteroatoms. The summed E-state index contributed by atoms with van der Waals surface area (Å²) in [5, 5.41) is 31.5. The second-order valence-corrected chi connectivity index (χ2v) is 12.8. The minimum Gasteiger partial charge on any atom is -0.393 e. The van der Waals surface area contributed by atoms with Crippen LogP contribution in [-0.4, -0.2) is 33.1 Å². The Morgan fingerprint density at radius 2 is 1.77 bits per heavy atom. The molecule has 0 aromatic heterocycles. The van der Waals surface area contributed by atoms with Crippen LogP contribution in [0.2, 0.25) is 0 Å². The van der Waals surface area contributed by atoms with Gasteiger partial charge < -0.3 is 15.3 Å². The smallest absolute Gasteiger partial charge is 0.0661 e. The maximum absolute atomic E-state index is 11.1. The molecule has 3 fully saturated rings. The minimum absolute atomic E-state index is 0.200. The molecule has 0 aromatic carbocycles. The third-order valence-electron chi connectivity index (χ3n) is 10.5. The zero-order valence-electron chi connectivity index (χ0n) is 20.7. The molecule has 0 spiro atoms. The van der Waals surface area contributed by atoms with E-state index in [0.717, 1.165) is 25.2 Å². The molecule has 0 amide bonds. The van der Waals surface area contributed by atoms with Crippen LogP contribution < -0.4 is 0 Å². The number of rotatable bonds is 5. The zero-order chi connectivity index (χ0) is 22.8. The van der Waals surface area contributed by atoms with Gasteiger partial charge in [-0.15, -0.1) is 0 Å². The molecule has 0 unspecified atom stereocenters. The van der Waals surface area contributed by atoms with Crippen LogP contribution in [0.15, 0.2) is 23.3 Å². The molecule has 4 aliphatic carbocycles. The van der Waals surface area contributed by atoms with E-state index in [1.807, 2.05) is 13.8 Å². The van der Waals surface area contributed by atoms with Gasteiger partial charge >= 0.3 is 0 Å². The van der Waals surface area contributed by atoms with Gasteiger partial charge in [0.25, 0.3) is 0 Å². The molecule has 4 aliphatic rings. The monoisotopic (exact) mass is 430 g/mol. The van der Waals surface area contributed by atoms with E-state index in [1.165, 1.54) is 24.8 Å². The van der Waals surface area contributed by atoms with Gasteiger partial charge in [0.05, 0.1) is 17.8 Å². The average molecular weight is 431 g/mol. The summed E-state index contributed by atoms with van der Waals surface area (Å²) in [6.45, 7) is 13.5. The van der Waals surface area contributed by atoms with E-state index in [-0.39, 0.29) is 5.41 Å². The molecular formula is C28H46O3. The normalized spacial score (nSPS) is 44.5. The molecule has 9 atom stereocenters. The molecule has 176 valence electrons. The van der Waals surface area contributed by atoms with Crippen molar-refractivity contribution in [3.8, 4) is 0 Å². The van der Waals surface area contributed by atoms with Crippen molar-refractivity contribution in [2.45, 2.75) is 111 Å². The maximum Gasteiger partial charge on any atom is 0.0661 e. The van der Waals surface area contributed by atoms with Crippen LogP contribution in [-0.2, 0) is 0 Å². The van der Waals surface area contributed by atoms with E-state index in [9.17, 15) is 15.3 Å². The quantitative estimate of drug-likeness (QED) is 0.529. The van der Waals surface area contributed by atoms with Crippen molar-refractivity contribution in [2.75, 3.05) is 0 Å². The molecule has 0 heterocycles. The first kappa shape index (κ1) is 23.5. The average Bonchev–Trinajstić information content (AvgIpc) is 3.03. The van der Waals surface area contributed by atoms with Gasteiger partial charge in [-0.2, -0.15) is 0 Å². The predicted octanol–water partition coefficient (Wildman–Crippen LogP) is 5.64. The highest BCUT2D eigenvalue weighted by atomic mass is 16.3. The van der Waals surface area contributed by atoms with E-state index < -0.39 is 17.8 Å². The van der Waals surface area contributed by atoms with Crippen molar-refractivity contribution in [3.63, 3.8) is 0 Å².